The van der Waals surface area contributed by atoms with Crippen LogP contribution < -0.4 is 5.73 Å². The van der Waals surface area contributed by atoms with E-state index in [2.05, 4.69) is 6.07 Å². The van der Waals surface area contributed by atoms with E-state index in [1.54, 1.807) is 24.3 Å². The fourth-order valence-electron chi connectivity index (χ4n) is 0.943. The molecule has 2 heteroatoms. The van der Waals surface area contributed by atoms with Gasteiger partial charge in [0.15, 0.2) is 5.78 Å². The number of benzene rings is 1. The van der Waals surface area contributed by atoms with Crippen molar-refractivity contribution in [2.45, 2.75) is 6.92 Å². The fraction of sp³-hybridized carbons (Fsp3) is 0.300. The Hall–Kier alpha value is -1.15. The van der Waals surface area contributed by atoms with Crippen LogP contribution in [0.15, 0.2) is 24.3 Å². The smallest absolute Gasteiger partial charge is 0.166 e. The van der Waals surface area contributed by atoms with E-state index < -0.39 is 0 Å². The van der Waals surface area contributed by atoms with Gasteiger partial charge in [-0.1, -0.05) is 31.2 Å². The number of rotatable bonds is 3. The van der Waals surface area contributed by atoms with Crippen LogP contribution in [0.2, 0.25) is 0 Å². The Morgan fingerprint density at radius 2 is 2.17 bits per heavy atom. The third kappa shape index (κ3) is 1.92. The fourth-order valence-corrected chi connectivity index (χ4v) is 0.943. The highest BCUT2D eigenvalue weighted by Gasteiger charge is 2.11. The zero-order valence-electron chi connectivity index (χ0n) is 7.08. The molecule has 0 bridgehead atoms. The van der Waals surface area contributed by atoms with Crippen LogP contribution in [0, 0.1) is 12.0 Å². The zero-order valence-corrected chi connectivity index (χ0v) is 7.08. The number of ketones is 1. The van der Waals surface area contributed by atoms with Crippen molar-refractivity contribution >= 4 is 5.78 Å². The van der Waals surface area contributed by atoms with Crippen LogP contribution in [0.25, 0.3) is 0 Å². The molecule has 1 rings (SSSR count). The van der Waals surface area contributed by atoms with Crippen LogP contribution >= 0.6 is 0 Å². The molecule has 2 nitrogen and oxygen atoms in total. The van der Waals surface area contributed by atoms with E-state index in [0.29, 0.717) is 12.1 Å². The maximum atomic E-state index is 11.5. The maximum Gasteiger partial charge on any atom is 0.166 e. The number of nitrogens with two attached hydrogens (primary N) is 1. The minimum absolute atomic E-state index is 0.0904. The van der Waals surface area contributed by atoms with Crippen LogP contribution in [0.1, 0.15) is 17.3 Å². The quantitative estimate of drug-likeness (QED) is 0.680. The normalized spacial score (nSPS) is 12.5. The Morgan fingerprint density at radius 1 is 1.58 bits per heavy atom. The van der Waals surface area contributed by atoms with Crippen molar-refractivity contribution in [3.05, 3.63) is 35.9 Å². The summed E-state index contributed by atoms with van der Waals surface area (Å²) in [5.74, 6) is 0.0129. The third-order valence-corrected chi connectivity index (χ3v) is 1.80. The lowest BCUT2D eigenvalue weighted by atomic mass is 10.00. The molecule has 0 spiro atoms. The molecule has 0 saturated heterocycles. The highest BCUT2D eigenvalue weighted by molar-refractivity contribution is 5.97. The summed E-state index contributed by atoms with van der Waals surface area (Å²) in [4.78, 5) is 11.5. The lowest BCUT2D eigenvalue weighted by Crippen LogP contribution is -2.20. The minimum Gasteiger partial charge on any atom is -0.330 e. The van der Waals surface area contributed by atoms with Gasteiger partial charge < -0.3 is 5.73 Å². The summed E-state index contributed by atoms with van der Waals surface area (Å²) < 4.78 is 0. The lowest BCUT2D eigenvalue weighted by molar-refractivity contribution is 0.0934. The Balaban J connectivity index is 2.79. The predicted octanol–water partition coefficient (Wildman–Crippen LogP) is 1.26. The molecule has 0 aliphatic rings. The molecule has 0 heterocycles. The monoisotopic (exact) mass is 162 g/mol. The van der Waals surface area contributed by atoms with Gasteiger partial charge >= 0.3 is 0 Å². The second-order valence-electron chi connectivity index (χ2n) is 2.79. The van der Waals surface area contributed by atoms with Gasteiger partial charge in [0.2, 0.25) is 0 Å². The van der Waals surface area contributed by atoms with Crippen molar-refractivity contribution in [3.63, 3.8) is 0 Å². The molecule has 1 radical (unpaired) electrons. The molecule has 1 aromatic rings. The Kier molecular flexibility index (Phi) is 3.00. The summed E-state index contributed by atoms with van der Waals surface area (Å²) in [6.45, 7) is 2.23. The van der Waals surface area contributed by atoms with E-state index in [4.69, 9.17) is 5.73 Å². The van der Waals surface area contributed by atoms with Gasteiger partial charge in [-0.25, -0.2) is 0 Å². The van der Waals surface area contributed by atoms with Crippen LogP contribution in [0.4, 0.5) is 0 Å². The first-order valence-corrected chi connectivity index (χ1v) is 3.96. The second-order valence-corrected chi connectivity index (χ2v) is 2.79. The number of hydrogen-bond donors (Lipinski definition) is 1. The van der Waals surface area contributed by atoms with Gasteiger partial charge in [-0.05, 0) is 6.07 Å². The summed E-state index contributed by atoms with van der Waals surface area (Å²) in [5.41, 5.74) is 6.10. The van der Waals surface area contributed by atoms with Gasteiger partial charge in [0.25, 0.3) is 0 Å². The van der Waals surface area contributed by atoms with Crippen molar-refractivity contribution in [3.8, 4) is 0 Å². The lowest BCUT2D eigenvalue weighted by Gasteiger charge is -2.05. The van der Waals surface area contributed by atoms with Gasteiger partial charge in [-0.3, -0.25) is 4.79 Å². The molecule has 12 heavy (non-hydrogen) atoms. The molecule has 0 fully saturated rings. The minimum atomic E-state index is -0.0904. The summed E-state index contributed by atoms with van der Waals surface area (Å²) in [5, 5.41) is 0. The van der Waals surface area contributed by atoms with E-state index in [0.717, 1.165) is 0 Å². The maximum absolute atomic E-state index is 11.5. The summed E-state index contributed by atoms with van der Waals surface area (Å²) in [6.07, 6.45) is 0. The Bertz CT molecular complexity index is 256. The van der Waals surface area contributed by atoms with Gasteiger partial charge in [-0.2, -0.15) is 0 Å². The molecule has 2 N–H and O–H groups in total. The van der Waals surface area contributed by atoms with Crippen molar-refractivity contribution in [2.75, 3.05) is 6.54 Å². The van der Waals surface area contributed by atoms with E-state index >= 15 is 0 Å². The van der Waals surface area contributed by atoms with E-state index in [-0.39, 0.29) is 11.7 Å². The summed E-state index contributed by atoms with van der Waals surface area (Å²) in [7, 11) is 0. The predicted molar refractivity (Wildman–Crippen MR) is 47.8 cm³/mol. The van der Waals surface area contributed by atoms with Crippen LogP contribution in [-0.4, -0.2) is 12.3 Å². The van der Waals surface area contributed by atoms with E-state index in [1.165, 1.54) is 0 Å². The van der Waals surface area contributed by atoms with E-state index in [9.17, 15) is 4.79 Å². The molecule has 0 aromatic heterocycles. The van der Waals surface area contributed by atoms with Gasteiger partial charge in [0.05, 0.1) is 0 Å². The zero-order chi connectivity index (χ0) is 8.97. The van der Waals surface area contributed by atoms with Gasteiger partial charge in [0, 0.05) is 18.0 Å². The molecule has 1 unspecified atom stereocenters. The Morgan fingerprint density at radius 3 is 2.67 bits per heavy atom. The van der Waals surface area contributed by atoms with Gasteiger partial charge in [0.1, 0.15) is 0 Å². The summed E-state index contributed by atoms with van der Waals surface area (Å²) >= 11 is 0. The highest BCUT2D eigenvalue weighted by atomic mass is 16.1. The molecule has 63 valence electrons. The molecule has 0 saturated carbocycles. The van der Waals surface area contributed by atoms with Crippen molar-refractivity contribution in [1.29, 1.82) is 0 Å². The molecule has 0 amide bonds. The topological polar surface area (TPSA) is 43.1 Å². The highest BCUT2D eigenvalue weighted by Crippen LogP contribution is 2.06. The number of hydrogen-bond acceptors (Lipinski definition) is 2. The van der Waals surface area contributed by atoms with Crippen molar-refractivity contribution in [2.24, 2.45) is 11.7 Å². The third-order valence-electron chi connectivity index (χ3n) is 1.80. The average molecular weight is 162 g/mol. The number of carbonyl (C=O) groups is 1. The Labute approximate surface area is 72.4 Å². The van der Waals surface area contributed by atoms with Crippen LogP contribution in [0.3, 0.4) is 0 Å². The average Bonchev–Trinajstić information content (AvgIpc) is 2.17. The SMILES string of the molecule is CC(CN)C(=O)c1cc[c]cc1. The molecular formula is C10H12NO. The molecular weight excluding hydrogens is 150 g/mol. The molecule has 0 aliphatic carbocycles. The first kappa shape index (κ1) is 8.94. The number of Topliss-reactive ketones (excluding diaryl/α,β-unsaturated/α-hetero) is 1. The first-order chi connectivity index (χ1) is 5.75. The molecule has 1 aromatic carbocycles. The van der Waals surface area contributed by atoms with Crippen molar-refractivity contribution in [1.82, 2.24) is 0 Å². The van der Waals surface area contributed by atoms with Crippen molar-refractivity contribution < 1.29 is 4.79 Å². The molecule has 0 aliphatic heterocycles. The summed E-state index contributed by atoms with van der Waals surface area (Å²) in [6, 6.07) is 9.84. The second kappa shape index (κ2) is 4.02. The van der Waals surface area contributed by atoms with E-state index in [1.807, 2.05) is 6.92 Å². The first-order valence-electron chi connectivity index (χ1n) is 3.96. The van der Waals surface area contributed by atoms with Crippen LogP contribution in [-0.2, 0) is 0 Å². The molecule has 1 atom stereocenters. The van der Waals surface area contributed by atoms with Crippen LogP contribution in [0.5, 0.6) is 0 Å². The van der Waals surface area contributed by atoms with Gasteiger partial charge in [-0.15, -0.1) is 0 Å². The standard InChI is InChI=1S/C10H12NO/c1-8(7-11)10(12)9-5-3-2-4-6-9/h3-6,8H,7,11H2,1H3. The number of carbonyl (C=O) groups excluding carboxylic acids is 1. The largest absolute Gasteiger partial charge is 0.330 e.